The summed E-state index contributed by atoms with van der Waals surface area (Å²) in [6, 6.07) is 9.78. The molecule has 1 atom stereocenters. The van der Waals surface area contributed by atoms with Crippen molar-refractivity contribution < 1.29 is 41.8 Å². The highest BCUT2D eigenvalue weighted by atomic mass is 35.5. The second kappa shape index (κ2) is 19.8. The molecule has 0 aliphatic carbocycles. The normalized spacial score (nSPS) is 19.6. The molecule has 3 fully saturated rings. The molecule has 324 valence electrons. The molecular formula is C41H56ClF3N8O6. The molecule has 4 aliphatic rings. The van der Waals surface area contributed by atoms with Crippen LogP contribution in [0.4, 0.5) is 34.1 Å². The lowest BCUT2D eigenvalue weighted by molar-refractivity contribution is -0.145. The third kappa shape index (κ3) is 11.7. The summed E-state index contributed by atoms with van der Waals surface area (Å²) in [6.07, 6.45) is -3.45. The van der Waals surface area contributed by atoms with Crippen molar-refractivity contribution in [3.63, 3.8) is 0 Å². The molecule has 4 aliphatic heterocycles. The Bertz CT molecular complexity index is 1800. The van der Waals surface area contributed by atoms with Gasteiger partial charge in [-0.3, -0.25) is 14.5 Å². The van der Waals surface area contributed by atoms with Crippen LogP contribution in [0.1, 0.15) is 48.8 Å². The Hall–Kier alpha value is -4.32. The van der Waals surface area contributed by atoms with Crippen molar-refractivity contribution >= 4 is 47.0 Å². The van der Waals surface area contributed by atoms with Gasteiger partial charge in [-0.25, -0.2) is 9.59 Å². The number of hydrogen-bond acceptors (Lipinski definition) is 10. The SMILES string of the molecule is CN(C)CCOC(=O)CCN1CCC(N2CCN(C(=O)C(Cc3cc(Cl)c(N)c(C(F)(F)F)c3)OC(=O)N3CCC(N4CCc5ccccc5NC4=O)CC3)CC2)CC1. The summed E-state index contributed by atoms with van der Waals surface area (Å²) in [7, 11) is 3.85. The predicted molar refractivity (Wildman–Crippen MR) is 217 cm³/mol. The number of likely N-dealkylation sites (tertiary alicyclic amines) is 2. The fourth-order valence-electron chi connectivity index (χ4n) is 8.40. The Labute approximate surface area is 348 Å². The summed E-state index contributed by atoms with van der Waals surface area (Å²) >= 11 is 6.15. The third-order valence-electron chi connectivity index (χ3n) is 11.9. The van der Waals surface area contributed by atoms with Gasteiger partial charge in [-0.2, -0.15) is 13.2 Å². The summed E-state index contributed by atoms with van der Waals surface area (Å²) in [4.78, 5) is 64.6. The van der Waals surface area contributed by atoms with Crippen molar-refractivity contribution in [3.05, 3.63) is 58.1 Å². The van der Waals surface area contributed by atoms with Gasteiger partial charge >= 0.3 is 24.3 Å². The van der Waals surface area contributed by atoms with Crippen molar-refractivity contribution in [2.45, 2.75) is 69.3 Å². The minimum atomic E-state index is -4.79. The largest absolute Gasteiger partial charge is 0.464 e. The highest BCUT2D eigenvalue weighted by Crippen LogP contribution is 2.38. The summed E-state index contributed by atoms with van der Waals surface area (Å²) in [5, 5.41) is 2.68. The van der Waals surface area contributed by atoms with Crippen molar-refractivity contribution in [3.8, 4) is 0 Å². The summed E-state index contributed by atoms with van der Waals surface area (Å²) in [5.74, 6) is -0.698. The minimum Gasteiger partial charge on any atom is -0.464 e. The fraction of sp³-hybridized carbons (Fsp3) is 0.610. The molecule has 6 rings (SSSR count). The number of anilines is 2. The molecule has 14 nitrogen and oxygen atoms in total. The molecule has 1 unspecified atom stereocenters. The number of hydrogen-bond donors (Lipinski definition) is 2. The number of piperazine rings is 1. The molecule has 2 aromatic carbocycles. The predicted octanol–water partition coefficient (Wildman–Crippen LogP) is 4.65. The van der Waals surface area contributed by atoms with E-state index in [-0.39, 0.29) is 48.1 Å². The molecule has 3 N–H and O–H groups in total. The van der Waals surface area contributed by atoms with Gasteiger partial charge in [0.25, 0.3) is 5.91 Å². The second-order valence-corrected chi connectivity index (χ2v) is 16.5. The number of nitrogens with one attached hydrogen (secondary N) is 1. The zero-order valence-corrected chi connectivity index (χ0v) is 34.6. The van der Waals surface area contributed by atoms with E-state index in [1.165, 1.54) is 11.0 Å². The number of rotatable bonds is 12. The molecule has 0 spiro atoms. The first-order valence-electron chi connectivity index (χ1n) is 20.5. The number of halogens is 4. The number of alkyl halides is 3. The van der Waals surface area contributed by atoms with Crippen LogP contribution in [0, 0.1) is 0 Å². The number of ether oxygens (including phenoxy) is 2. The van der Waals surface area contributed by atoms with Gasteiger partial charge in [0, 0.05) is 83.1 Å². The number of piperidine rings is 2. The zero-order chi connectivity index (χ0) is 42.3. The van der Waals surface area contributed by atoms with Crippen LogP contribution in [-0.2, 0) is 38.1 Å². The van der Waals surface area contributed by atoms with Crippen LogP contribution in [0.3, 0.4) is 0 Å². The number of amides is 4. The van der Waals surface area contributed by atoms with E-state index >= 15 is 0 Å². The number of esters is 1. The average molecular weight is 849 g/mol. The van der Waals surface area contributed by atoms with Crippen molar-refractivity contribution in [2.75, 3.05) is 104 Å². The van der Waals surface area contributed by atoms with E-state index in [9.17, 15) is 32.3 Å². The number of nitrogens with two attached hydrogens (primary N) is 1. The number of para-hydroxylation sites is 1. The highest BCUT2D eigenvalue weighted by molar-refractivity contribution is 6.33. The first-order chi connectivity index (χ1) is 28.2. The average Bonchev–Trinajstić information content (AvgIpc) is 3.38. The van der Waals surface area contributed by atoms with E-state index < -0.39 is 35.5 Å². The monoisotopic (exact) mass is 848 g/mol. The lowest BCUT2D eigenvalue weighted by Gasteiger charge is -2.43. The molecule has 3 saturated heterocycles. The molecule has 0 radical (unpaired) electrons. The standard InChI is InChI=1S/C41H56ClF3N8O6/c1-48(2)23-24-58-36(54)12-15-49-13-8-30(9-14-49)50-19-21-51(22-20-50)38(55)35(27-28-25-32(41(43,44)45)37(46)33(42)26-28)59-40(57)52-16-10-31(11-17-52)53-18-7-29-5-3-4-6-34(29)47-39(53)56/h3-6,25-26,30-31,35H,7-24,27,46H2,1-2H3,(H,47,56). The van der Waals surface area contributed by atoms with Crippen molar-refractivity contribution in [2.24, 2.45) is 0 Å². The minimum absolute atomic E-state index is 0.0572. The Morgan fingerprint density at radius 2 is 1.61 bits per heavy atom. The maximum absolute atomic E-state index is 14.2. The summed E-state index contributed by atoms with van der Waals surface area (Å²) in [5.41, 5.74) is 5.84. The number of likely N-dealkylation sites (N-methyl/N-ethyl adjacent to an activating group) is 1. The van der Waals surface area contributed by atoms with E-state index in [1.807, 2.05) is 43.3 Å². The quantitative estimate of drug-likeness (QED) is 0.229. The van der Waals surface area contributed by atoms with Gasteiger partial charge in [0.1, 0.15) is 6.61 Å². The number of carbonyl (C=O) groups is 4. The Morgan fingerprint density at radius 1 is 0.932 bits per heavy atom. The third-order valence-corrected chi connectivity index (χ3v) is 12.2. The van der Waals surface area contributed by atoms with Gasteiger partial charge in [0.2, 0.25) is 0 Å². The Kier molecular flexibility index (Phi) is 14.9. The van der Waals surface area contributed by atoms with Gasteiger partial charge in [-0.05, 0) is 88.6 Å². The van der Waals surface area contributed by atoms with Crippen LogP contribution >= 0.6 is 11.6 Å². The molecule has 0 bridgehead atoms. The second-order valence-electron chi connectivity index (χ2n) is 16.1. The Morgan fingerprint density at radius 3 is 2.29 bits per heavy atom. The van der Waals surface area contributed by atoms with E-state index in [4.69, 9.17) is 26.8 Å². The van der Waals surface area contributed by atoms with Crippen LogP contribution in [0.5, 0.6) is 0 Å². The summed E-state index contributed by atoms with van der Waals surface area (Å²) in [6.45, 7) is 6.33. The van der Waals surface area contributed by atoms with Gasteiger partial charge < -0.3 is 45.0 Å². The maximum Gasteiger partial charge on any atom is 0.418 e. The smallest absolute Gasteiger partial charge is 0.418 e. The highest BCUT2D eigenvalue weighted by Gasteiger charge is 2.38. The van der Waals surface area contributed by atoms with Crippen molar-refractivity contribution in [1.82, 2.24) is 29.4 Å². The molecule has 0 saturated carbocycles. The molecule has 2 aromatic rings. The van der Waals surface area contributed by atoms with Crippen LogP contribution in [0.25, 0.3) is 0 Å². The molecule has 18 heteroatoms. The molecule has 59 heavy (non-hydrogen) atoms. The molecular weight excluding hydrogens is 793 g/mol. The Balaban J connectivity index is 1.04. The van der Waals surface area contributed by atoms with Crippen LogP contribution < -0.4 is 11.1 Å². The van der Waals surface area contributed by atoms with E-state index in [0.717, 1.165) is 43.2 Å². The van der Waals surface area contributed by atoms with Gasteiger partial charge in [-0.1, -0.05) is 29.8 Å². The van der Waals surface area contributed by atoms with Gasteiger partial charge in [-0.15, -0.1) is 0 Å². The van der Waals surface area contributed by atoms with E-state index in [1.54, 1.807) is 9.80 Å². The number of urea groups is 1. The van der Waals surface area contributed by atoms with Crippen molar-refractivity contribution in [1.29, 1.82) is 0 Å². The van der Waals surface area contributed by atoms with E-state index in [2.05, 4.69) is 15.1 Å². The molecule has 4 heterocycles. The lowest BCUT2D eigenvalue weighted by Crippen LogP contribution is -2.56. The zero-order valence-electron chi connectivity index (χ0n) is 33.9. The van der Waals surface area contributed by atoms with Gasteiger partial charge in [0.05, 0.1) is 22.7 Å². The number of carbonyl (C=O) groups excluding carboxylic acids is 4. The lowest BCUT2D eigenvalue weighted by atomic mass is 10.0. The first kappa shape index (κ1) is 44.2. The van der Waals surface area contributed by atoms with Crippen LogP contribution in [-0.4, -0.2) is 164 Å². The number of nitrogens with zero attached hydrogens (tertiary/aromatic N) is 6. The number of fused-ring (bicyclic) bond motifs is 1. The van der Waals surface area contributed by atoms with Crippen LogP contribution in [0.15, 0.2) is 36.4 Å². The van der Waals surface area contributed by atoms with Crippen LogP contribution in [0.2, 0.25) is 5.02 Å². The molecule has 0 aromatic heterocycles. The fourth-order valence-corrected chi connectivity index (χ4v) is 8.64. The van der Waals surface area contributed by atoms with Gasteiger partial charge in [0.15, 0.2) is 6.10 Å². The maximum atomic E-state index is 14.2. The first-order valence-corrected chi connectivity index (χ1v) is 20.9. The number of benzene rings is 2. The molecule has 4 amide bonds. The summed E-state index contributed by atoms with van der Waals surface area (Å²) < 4.78 is 52.9. The number of nitrogen functional groups attached to an aromatic ring is 1. The van der Waals surface area contributed by atoms with E-state index in [0.29, 0.717) is 84.1 Å². The topological polar surface area (TPSA) is 144 Å².